The van der Waals surface area contributed by atoms with E-state index in [4.69, 9.17) is 18.6 Å². The van der Waals surface area contributed by atoms with Gasteiger partial charge in [-0.25, -0.2) is 0 Å². The minimum absolute atomic E-state index is 0.00682. The predicted octanol–water partition coefficient (Wildman–Crippen LogP) is 5.35. The Morgan fingerprint density at radius 3 is 2.40 bits per heavy atom. The van der Waals surface area contributed by atoms with E-state index in [9.17, 15) is 30.0 Å². The number of benzene rings is 4. The highest BCUT2D eigenvalue weighted by Crippen LogP contribution is 2.48. The molecular formula is C33H26O10. The van der Waals surface area contributed by atoms with Gasteiger partial charge in [-0.15, -0.1) is 0 Å². The fourth-order valence-electron chi connectivity index (χ4n) is 5.28. The van der Waals surface area contributed by atoms with E-state index < -0.39 is 40.3 Å². The lowest BCUT2D eigenvalue weighted by molar-refractivity contribution is -0.135. The van der Waals surface area contributed by atoms with Gasteiger partial charge in [0.15, 0.2) is 17.3 Å². The number of para-hydroxylation sites is 1. The van der Waals surface area contributed by atoms with Crippen molar-refractivity contribution < 1.29 is 43.8 Å². The topological polar surface area (TPSA) is 156 Å². The maximum absolute atomic E-state index is 13.3. The number of ether oxygens (including phenoxy) is 3. The van der Waals surface area contributed by atoms with Crippen molar-refractivity contribution in [1.82, 2.24) is 0 Å². The van der Waals surface area contributed by atoms with Crippen molar-refractivity contribution in [3.05, 3.63) is 99.7 Å². The molecule has 0 radical (unpaired) electrons. The van der Waals surface area contributed by atoms with Crippen molar-refractivity contribution in [3.63, 3.8) is 0 Å². The van der Waals surface area contributed by atoms with Crippen LogP contribution in [0, 0.1) is 0 Å². The van der Waals surface area contributed by atoms with Crippen LogP contribution in [0.25, 0.3) is 22.3 Å². The molecule has 0 saturated heterocycles. The van der Waals surface area contributed by atoms with E-state index in [1.165, 1.54) is 12.1 Å². The van der Waals surface area contributed by atoms with Crippen LogP contribution < -0.4 is 19.6 Å². The lowest BCUT2D eigenvalue weighted by atomic mass is 9.84. The molecule has 10 heteroatoms. The molecule has 1 atom stereocenters. The zero-order valence-corrected chi connectivity index (χ0v) is 22.9. The Morgan fingerprint density at radius 1 is 0.884 bits per heavy atom. The van der Waals surface area contributed by atoms with Crippen LogP contribution in [0.1, 0.15) is 29.0 Å². The quantitative estimate of drug-likeness (QED) is 0.112. The molecule has 43 heavy (non-hydrogen) atoms. The molecule has 5 aromatic rings. The van der Waals surface area contributed by atoms with E-state index in [-0.39, 0.29) is 34.5 Å². The van der Waals surface area contributed by atoms with Crippen LogP contribution in [-0.2, 0) is 11.2 Å². The lowest BCUT2D eigenvalue weighted by Gasteiger charge is -2.27. The summed E-state index contributed by atoms with van der Waals surface area (Å²) < 4.78 is 22.9. The molecule has 1 aliphatic rings. The summed E-state index contributed by atoms with van der Waals surface area (Å²) in [5.41, 5.74) is 1.03. The smallest absolute Gasteiger partial charge is 0.312 e. The molecule has 0 fully saturated rings. The predicted molar refractivity (Wildman–Crippen MR) is 155 cm³/mol. The number of hydrogen-bond acceptors (Lipinski definition) is 10. The minimum Gasteiger partial charge on any atom is -0.507 e. The summed E-state index contributed by atoms with van der Waals surface area (Å²) in [4.78, 5) is 26.1. The Hall–Kier alpha value is -5.64. The largest absolute Gasteiger partial charge is 0.507 e. The van der Waals surface area contributed by atoms with Crippen molar-refractivity contribution in [1.29, 1.82) is 0 Å². The van der Waals surface area contributed by atoms with Crippen LogP contribution in [0.2, 0.25) is 0 Å². The van der Waals surface area contributed by atoms with Crippen molar-refractivity contribution in [2.24, 2.45) is 0 Å². The summed E-state index contributed by atoms with van der Waals surface area (Å²) >= 11 is 0. The Kier molecular flexibility index (Phi) is 7.03. The zero-order valence-electron chi connectivity index (χ0n) is 22.9. The van der Waals surface area contributed by atoms with Gasteiger partial charge in [0.25, 0.3) is 0 Å². The van der Waals surface area contributed by atoms with E-state index in [1.54, 1.807) is 31.4 Å². The second kappa shape index (κ2) is 11.0. The van der Waals surface area contributed by atoms with E-state index in [0.29, 0.717) is 29.9 Å². The van der Waals surface area contributed by atoms with E-state index in [0.717, 1.165) is 23.4 Å². The number of phenols is 3. The number of rotatable bonds is 7. The number of carbonyl (C=O) groups is 1. The van der Waals surface area contributed by atoms with Gasteiger partial charge in [0, 0.05) is 35.1 Å². The molecule has 218 valence electrons. The molecule has 4 aromatic carbocycles. The van der Waals surface area contributed by atoms with Crippen LogP contribution >= 0.6 is 0 Å². The zero-order chi connectivity index (χ0) is 30.2. The summed E-state index contributed by atoms with van der Waals surface area (Å²) in [7, 11) is 1.60. The summed E-state index contributed by atoms with van der Waals surface area (Å²) in [6, 6.07) is 19.6. The van der Waals surface area contributed by atoms with Crippen molar-refractivity contribution in [2.45, 2.75) is 18.8 Å². The van der Waals surface area contributed by atoms with Crippen LogP contribution in [0.4, 0.5) is 0 Å². The number of phenolic OH excluding ortho intramolecular Hbond substituents is 3. The molecule has 1 aromatic heterocycles. The highest BCUT2D eigenvalue weighted by molar-refractivity contribution is 5.94. The molecule has 0 aliphatic carbocycles. The molecule has 6 rings (SSSR count). The molecule has 0 saturated carbocycles. The molecule has 0 unspecified atom stereocenters. The second-order valence-electron chi connectivity index (χ2n) is 10.0. The van der Waals surface area contributed by atoms with Crippen molar-refractivity contribution in [3.8, 4) is 51.6 Å². The van der Waals surface area contributed by atoms with Gasteiger partial charge in [0.1, 0.15) is 34.0 Å². The average molecular weight is 583 g/mol. The Bertz CT molecular complexity index is 1920. The van der Waals surface area contributed by atoms with Crippen LogP contribution in [0.3, 0.4) is 0 Å². The van der Waals surface area contributed by atoms with Crippen molar-refractivity contribution in [2.75, 3.05) is 13.7 Å². The van der Waals surface area contributed by atoms with E-state index in [1.807, 2.05) is 24.3 Å². The van der Waals surface area contributed by atoms with Gasteiger partial charge in [-0.05, 0) is 42.0 Å². The van der Waals surface area contributed by atoms with Gasteiger partial charge < -0.3 is 39.1 Å². The number of hydrogen-bond donors (Lipinski definition) is 4. The molecule has 0 amide bonds. The molecule has 4 N–H and O–H groups in total. The minimum atomic E-state index is -0.927. The standard InChI is InChI=1S/C33H26O10/c1-40-19-9-6-17(7-10-19)12-13-41-25-5-3-2-4-20(25)21-15-27(37)42-26-16-24(36)29-30(38)31(39)32(43-33(29)28(21)26)18-8-11-22(34)23(35)14-18/h2-11,14,16,21,34-36,39H,12-13,15H2,1H3/t21-/m0/s1. The number of methoxy groups -OCH3 is 1. The maximum Gasteiger partial charge on any atom is 0.312 e. The third-order valence-corrected chi connectivity index (χ3v) is 7.40. The number of aromatic hydroxyl groups is 4. The molecule has 0 spiro atoms. The SMILES string of the molecule is COc1ccc(CCOc2ccccc2[C@@H]2CC(=O)Oc3cc(O)c4c(=O)c(O)c(-c5ccc(O)c(O)c5)oc4c32)cc1. The first-order valence-corrected chi connectivity index (χ1v) is 13.4. The normalized spacial score (nSPS) is 14.3. The Balaban J connectivity index is 1.45. The van der Waals surface area contributed by atoms with E-state index >= 15 is 0 Å². The molecule has 0 bridgehead atoms. The van der Waals surface area contributed by atoms with Crippen LogP contribution in [0.15, 0.2) is 82.0 Å². The van der Waals surface area contributed by atoms with Gasteiger partial charge in [-0.1, -0.05) is 30.3 Å². The molecule has 10 nitrogen and oxygen atoms in total. The van der Waals surface area contributed by atoms with Gasteiger partial charge in [-0.3, -0.25) is 9.59 Å². The molecule has 2 heterocycles. The highest BCUT2D eigenvalue weighted by Gasteiger charge is 2.35. The van der Waals surface area contributed by atoms with E-state index in [2.05, 4.69) is 0 Å². The summed E-state index contributed by atoms with van der Waals surface area (Å²) in [6.45, 7) is 0.334. The van der Waals surface area contributed by atoms with Gasteiger partial charge >= 0.3 is 5.97 Å². The first-order chi connectivity index (χ1) is 20.7. The lowest BCUT2D eigenvalue weighted by Crippen LogP contribution is -2.22. The summed E-state index contributed by atoms with van der Waals surface area (Å²) in [5, 5.41) is 41.0. The Morgan fingerprint density at radius 2 is 1.65 bits per heavy atom. The third kappa shape index (κ3) is 5.03. The maximum atomic E-state index is 13.3. The summed E-state index contributed by atoms with van der Waals surface area (Å²) in [5.74, 6) is -2.57. The second-order valence-corrected chi connectivity index (χ2v) is 10.0. The van der Waals surface area contributed by atoms with Crippen molar-refractivity contribution >= 4 is 16.9 Å². The fourth-order valence-corrected chi connectivity index (χ4v) is 5.28. The molecule has 1 aliphatic heterocycles. The van der Waals surface area contributed by atoms with Gasteiger partial charge in [0.05, 0.1) is 20.1 Å². The number of carbonyl (C=O) groups excluding carboxylic acids is 1. The van der Waals surface area contributed by atoms with Crippen LogP contribution in [0.5, 0.6) is 40.2 Å². The molecular weight excluding hydrogens is 556 g/mol. The Labute approximate surface area is 244 Å². The average Bonchev–Trinajstić information content (AvgIpc) is 3.00. The highest BCUT2D eigenvalue weighted by atomic mass is 16.5. The number of esters is 1. The van der Waals surface area contributed by atoms with Gasteiger partial charge in [0.2, 0.25) is 11.2 Å². The first kappa shape index (κ1) is 27.5. The first-order valence-electron chi connectivity index (χ1n) is 13.4. The van der Waals surface area contributed by atoms with Crippen LogP contribution in [-0.4, -0.2) is 40.1 Å². The number of fused-ring (bicyclic) bond motifs is 3. The monoisotopic (exact) mass is 582 g/mol. The van der Waals surface area contributed by atoms with Gasteiger partial charge in [-0.2, -0.15) is 0 Å². The summed E-state index contributed by atoms with van der Waals surface area (Å²) in [6.07, 6.45) is 0.487. The fraction of sp³-hybridized carbons (Fsp3) is 0.152. The third-order valence-electron chi connectivity index (χ3n) is 7.40.